The number of pyridine rings is 1. The summed E-state index contributed by atoms with van der Waals surface area (Å²) in [6.07, 6.45) is 2.92. The number of rotatable bonds is 4. The number of hydrogen-bond donors (Lipinski definition) is 3. The lowest BCUT2D eigenvalue weighted by atomic mass is 9.97. The number of carbonyl (C=O) groups is 5. The highest BCUT2D eigenvalue weighted by molar-refractivity contribution is 5.93. The largest absolute Gasteiger partial charge is 0.461 e. The van der Waals surface area contributed by atoms with E-state index in [1.807, 2.05) is 24.3 Å². The van der Waals surface area contributed by atoms with E-state index in [9.17, 15) is 24.0 Å². The molecule has 1 saturated heterocycles. The fourth-order valence-electron chi connectivity index (χ4n) is 5.36. The molecule has 0 unspecified atom stereocenters. The van der Waals surface area contributed by atoms with E-state index < -0.39 is 71.8 Å². The van der Waals surface area contributed by atoms with Gasteiger partial charge in [-0.2, -0.15) is 0 Å². The quantitative estimate of drug-likeness (QED) is 0.430. The molecule has 12 nitrogen and oxygen atoms in total. The van der Waals surface area contributed by atoms with Crippen molar-refractivity contribution in [2.24, 2.45) is 17.8 Å². The lowest BCUT2D eigenvalue weighted by Crippen LogP contribution is -2.61. The summed E-state index contributed by atoms with van der Waals surface area (Å²) in [5.41, 5.74) is 4.92. The van der Waals surface area contributed by atoms with E-state index in [2.05, 4.69) is 16.1 Å². The van der Waals surface area contributed by atoms with Gasteiger partial charge in [-0.15, -0.1) is 0 Å². The molecule has 1 aromatic carbocycles. The molecule has 1 fully saturated rings. The van der Waals surface area contributed by atoms with Crippen LogP contribution < -0.4 is 16.1 Å². The summed E-state index contributed by atoms with van der Waals surface area (Å²) in [6, 6.07) is 6.63. The zero-order valence-corrected chi connectivity index (χ0v) is 27.5. The van der Waals surface area contributed by atoms with E-state index >= 15 is 0 Å². The van der Waals surface area contributed by atoms with Crippen molar-refractivity contribution in [1.82, 2.24) is 26.1 Å². The van der Waals surface area contributed by atoms with Gasteiger partial charge < -0.3 is 20.1 Å². The number of nitrogens with one attached hydrogen (secondary N) is 3. The first kappa shape index (κ1) is 34.6. The van der Waals surface area contributed by atoms with Crippen molar-refractivity contribution in [2.45, 2.75) is 91.6 Å². The molecule has 3 N–H and O–H groups in total. The van der Waals surface area contributed by atoms with E-state index in [4.69, 9.17) is 14.5 Å². The van der Waals surface area contributed by atoms with Crippen LogP contribution in [0.15, 0.2) is 36.4 Å². The summed E-state index contributed by atoms with van der Waals surface area (Å²) in [5.74, 6) is -4.10. The third kappa shape index (κ3) is 8.28. The van der Waals surface area contributed by atoms with Crippen molar-refractivity contribution in [3.8, 4) is 0 Å². The summed E-state index contributed by atoms with van der Waals surface area (Å²) in [7, 11) is 0. The Bertz CT molecular complexity index is 1510. The minimum Gasteiger partial charge on any atom is -0.461 e. The van der Waals surface area contributed by atoms with Crippen LogP contribution in [0.5, 0.6) is 0 Å². The second-order valence-corrected chi connectivity index (χ2v) is 12.7. The van der Waals surface area contributed by atoms with Gasteiger partial charge in [-0.3, -0.25) is 29.0 Å². The van der Waals surface area contributed by atoms with Crippen LogP contribution in [0.1, 0.15) is 78.7 Å². The third-order valence-corrected chi connectivity index (χ3v) is 8.24. The molecular weight excluding hydrogens is 590 g/mol. The van der Waals surface area contributed by atoms with Crippen molar-refractivity contribution in [1.29, 1.82) is 0 Å². The van der Waals surface area contributed by atoms with Gasteiger partial charge in [-0.05, 0) is 57.2 Å². The molecule has 3 amide bonds. The van der Waals surface area contributed by atoms with Crippen LogP contribution in [0.4, 0.5) is 0 Å². The number of amides is 3. The fourth-order valence-corrected chi connectivity index (χ4v) is 5.36. The molecule has 248 valence electrons. The van der Waals surface area contributed by atoms with E-state index in [1.165, 1.54) is 5.01 Å². The van der Waals surface area contributed by atoms with Crippen molar-refractivity contribution >= 4 is 46.6 Å². The Hall–Kier alpha value is -4.32. The maximum atomic E-state index is 13.8. The van der Waals surface area contributed by atoms with Crippen molar-refractivity contribution in [3.63, 3.8) is 0 Å². The number of hydrazine groups is 1. The van der Waals surface area contributed by atoms with Crippen molar-refractivity contribution in [3.05, 3.63) is 47.7 Å². The summed E-state index contributed by atoms with van der Waals surface area (Å²) >= 11 is 0. The normalized spacial score (nSPS) is 26.4. The predicted octanol–water partition coefficient (Wildman–Crippen LogP) is 3.21. The zero-order valence-electron chi connectivity index (χ0n) is 27.5. The molecule has 5 bridgehead atoms. The van der Waals surface area contributed by atoms with Crippen LogP contribution in [0, 0.1) is 17.8 Å². The second kappa shape index (κ2) is 14.8. The maximum Gasteiger partial charge on any atom is 0.325 e. The number of fused-ring (bicyclic) bond motifs is 4. The van der Waals surface area contributed by atoms with Crippen LogP contribution in [0.25, 0.3) is 17.0 Å². The maximum absolute atomic E-state index is 13.8. The SMILES string of the molecule is CC(C)C(=O)O[C@@H](C)[C@H]1/C=C/c2ccc3ccc(nc3c2)[C@@H](C)OC(=O)[C@@H]2CCCN(N2)C(=O)[C@H](C)NC(=O)[C@H](C(C)C)NC1=O. The minimum atomic E-state index is -0.984. The molecule has 4 rings (SSSR count). The summed E-state index contributed by atoms with van der Waals surface area (Å²) in [5, 5.41) is 7.75. The molecule has 2 aliphatic rings. The van der Waals surface area contributed by atoms with Crippen LogP contribution in [0.2, 0.25) is 0 Å². The third-order valence-electron chi connectivity index (χ3n) is 8.24. The standard InChI is InChI=1S/C34H45N5O7/c1-18(2)29-31(41)35-20(5)32(42)39-16-8-9-27(38-39)34(44)46-22(7)26-15-13-24-12-10-23(17-28(24)36-26)11-14-25(30(40)37-29)21(6)45-33(43)19(3)4/h10-15,17-22,25,27,29,38H,8-9,16H2,1-7H3,(H,35,41)(H,37,40)/b14-11+/t20-,21-,22+,25+,27-,29-/m0/s1. The highest BCUT2D eigenvalue weighted by Crippen LogP contribution is 2.23. The smallest absolute Gasteiger partial charge is 0.325 e. The number of carbonyl (C=O) groups excluding carboxylic acids is 5. The summed E-state index contributed by atoms with van der Waals surface area (Å²) < 4.78 is 11.4. The molecular formula is C34H45N5O7. The lowest BCUT2D eigenvalue weighted by Gasteiger charge is -2.35. The number of nitrogens with zero attached hydrogens (tertiary/aromatic N) is 2. The van der Waals surface area contributed by atoms with E-state index in [0.29, 0.717) is 30.6 Å². The highest BCUT2D eigenvalue weighted by Gasteiger charge is 2.35. The van der Waals surface area contributed by atoms with Gasteiger partial charge in [0.25, 0.3) is 5.91 Å². The zero-order chi connectivity index (χ0) is 33.7. The van der Waals surface area contributed by atoms with Crippen LogP contribution in [-0.2, 0) is 33.4 Å². The molecule has 6 atom stereocenters. The predicted molar refractivity (Wildman–Crippen MR) is 171 cm³/mol. The van der Waals surface area contributed by atoms with Gasteiger partial charge in [0, 0.05) is 11.9 Å². The van der Waals surface area contributed by atoms with Crippen molar-refractivity contribution < 1.29 is 33.4 Å². The van der Waals surface area contributed by atoms with Gasteiger partial charge in [0.15, 0.2) is 0 Å². The van der Waals surface area contributed by atoms with Gasteiger partial charge in [0.1, 0.15) is 30.3 Å². The molecule has 12 heteroatoms. The molecule has 1 aromatic heterocycles. The van der Waals surface area contributed by atoms with Crippen molar-refractivity contribution in [2.75, 3.05) is 6.54 Å². The number of benzene rings is 1. The number of cyclic esters (lactones) is 1. The van der Waals surface area contributed by atoms with Crippen LogP contribution in [-0.4, -0.2) is 70.4 Å². The molecule has 0 spiro atoms. The summed E-state index contributed by atoms with van der Waals surface area (Å²) in [4.78, 5) is 70.9. The molecule has 3 heterocycles. The monoisotopic (exact) mass is 635 g/mol. The van der Waals surface area contributed by atoms with E-state index in [1.54, 1.807) is 66.7 Å². The Morgan fingerprint density at radius 2 is 1.72 bits per heavy atom. The topological polar surface area (TPSA) is 156 Å². The highest BCUT2D eigenvalue weighted by atomic mass is 16.5. The Kier molecular flexibility index (Phi) is 11.2. The Morgan fingerprint density at radius 1 is 1.00 bits per heavy atom. The second-order valence-electron chi connectivity index (χ2n) is 12.7. The molecule has 0 saturated carbocycles. The first-order valence-electron chi connectivity index (χ1n) is 15.9. The molecule has 0 aliphatic carbocycles. The number of ether oxygens (including phenoxy) is 2. The average molecular weight is 636 g/mol. The molecule has 2 aliphatic heterocycles. The Labute approximate surface area is 269 Å². The molecule has 0 radical (unpaired) electrons. The van der Waals surface area contributed by atoms with Gasteiger partial charge in [-0.1, -0.05) is 58.0 Å². The first-order chi connectivity index (χ1) is 21.7. The summed E-state index contributed by atoms with van der Waals surface area (Å²) in [6.45, 7) is 12.3. The molecule has 2 aromatic rings. The number of aromatic nitrogens is 1. The number of esters is 2. The van der Waals surface area contributed by atoms with E-state index in [0.717, 1.165) is 10.9 Å². The first-order valence-corrected chi connectivity index (χ1v) is 15.9. The van der Waals surface area contributed by atoms with Gasteiger partial charge in [-0.25, -0.2) is 10.4 Å². The average Bonchev–Trinajstić information content (AvgIpc) is 3.02. The van der Waals surface area contributed by atoms with E-state index in [-0.39, 0.29) is 5.92 Å². The van der Waals surface area contributed by atoms with Gasteiger partial charge >= 0.3 is 11.9 Å². The Morgan fingerprint density at radius 3 is 2.41 bits per heavy atom. The van der Waals surface area contributed by atoms with Gasteiger partial charge in [0.05, 0.1) is 23.0 Å². The number of hydrogen-bond acceptors (Lipinski definition) is 9. The lowest BCUT2D eigenvalue weighted by molar-refractivity contribution is -0.157. The Balaban J connectivity index is 1.74. The molecule has 46 heavy (non-hydrogen) atoms. The van der Waals surface area contributed by atoms with Gasteiger partial charge in [0.2, 0.25) is 11.8 Å². The minimum absolute atomic E-state index is 0.332. The van der Waals surface area contributed by atoms with Crippen LogP contribution in [0.3, 0.4) is 0 Å². The fraction of sp³-hybridized carbons (Fsp3) is 0.529. The van der Waals surface area contributed by atoms with Crippen LogP contribution >= 0.6 is 0 Å².